The van der Waals surface area contributed by atoms with Gasteiger partial charge >= 0.3 is 0 Å². The van der Waals surface area contributed by atoms with E-state index in [1.54, 1.807) is 11.3 Å². The van der Waals surface area contributed by atoms with Gasteiger partial charge in [0.25, 0.3) is 5.56 Å². The lowest BCUT2D eigenvalue weighted by Gasteiger charge is -2.33. The molecular formula is C22H28N4O2S. The number of hydrogen-bond donors (Lipinski definition) is 1. The highest BCUT2D eigenvalue weighted by molar-refractivity contribution is 7.10. The highest BCUT2D eigenvalue weighted by Gasteiger charge is 2.37. The van der Waals surface area contributed by atoms with Crippen molar-refractivity contribution in [2.75, 3.05) is 13.1 Å². The Morgan fingerprint density at radius 2 is 2.14 bits per heavy atom. The summed E-state index contributed by atoms with van der Waals surface area (Å²) in [6.07, 6.45) is 5.84. The molecular weight excluding hydrogens is 384 g/mol. The molecule has 2 aromatic heterocycles. The van der Waals surface area contributed by atoms with Crippen LogP contribution in [-0.4, -0.2) is 38.8 Å². The van der Waals surface area contributed by atoms with Crippen LogP contribution in [0.4, 0.5) is 0 Å². The van der Waals surface area contributed by atoms with Gasteiger partial charge in [0.2, 0.25) is 5.91 Å². The minimum absolute atomic E-state index is 0.0273. The summed E-state index contributed by atoms with van der Waals surface area (Å²) in [5, 5.41) is 2.13. The van der Waals surface area contributed by atoms with Crippen molar-refractivity contribution in [2.45, 2.75) is 64.6 Å². The van der Waals surface area contributed by atoms with Crippen LogP contribution in [-0.2, 0) is 24.3 Å². The quantitative estimate of drug-likeness (QED) is 0.838. The molecule has 6 nitrogen and oxygen atoms in total. The fourth-order valence-corrected chi connectivity index (χ4v) is 5.71. The van der Waals surface area contributed by atoms with Crippen LogP contribution in [0, 0.1) is 12.8 Å². The molecule has 0 radical (unpaired) electrons. The average molecular weight is 413 g/mol. The number of hydrogen-bond acceptors (Lipinski definition) is 5. The van der Waals surface area contributed by atoms with Crippen LogP contribution >= 0.6 is 11.3 Å². The number of amides is 1. The maximum Gasteiger partial charge on any atom is 0.255 e. The number of carbonyl (C=O) groups excluding carboxylic acids is 1. The molecule has 0 aromatic carbocycles. The zero-order valence-corrected chi connectivity index (χ0v) is 17.8. The van der Waals surface area contributed by atoms with Gasteiger partial charge in [0.1, 0.15) is 5.82 Å². The van der Waals surface area contributed by atoms with Crippen molar-refractivity contribution >= 4 is 17.2 Å². The summed E-state index contributed by atoms with van der Waals surface area (Å²) in [4.78, 5) is 39.3. The van der Waals surface area contributed by atoms with Gasteiger partial charge in [0, 0.05) is 43.4 Å². The van der Waals surface area contributed by atoms with Gasteiger partial charge in [0.15, 0.2) is 0 Å². The molecule has 2 fully saturated rings. The minimum Gasteiger partial charge on any atom is -0.332 e. The standard InChI is InChI=1S/C22H28N4O2S/c1-14-8-11-29-19(14)13-25-10-7-17-16(12-25)21(27)24-20(23-17)18-6-3-9-26(18)22(28)15-4-2-5-15/h8,11,15,18H,2-7,9-10,12-13H2,1H3,(H,23,24,27). The Hall–Kier alpha value is -1.99. The first-order chi connectivity index (χ1) is 14.1. The summed E-state index contributed by atoms with van der Waals surface area (Å²) >= 11 is 1.78. The molecule has 1 amide bonds. The summed E-state index contributed by atoms with van der Waals surface area (Å²) in [6, 6.07) is 2.09. The molecule has 4 heterocycles. The van der Waals surface area contributed by atoms with Crippen LogP contribution in [0.5, 0.6) is 0 Å². The van der Waals surface area contributed by atoms with E-state index in [2.05, 4.69) is 28.3 Å². The second-order valence-electron chi connectivity index (χ2n) is 8.68. The molecule has 2 aliphatic heterocycles. The third-order valence-electron chi connectivity index (χ3n) is 6.81. The molecule has 7 heteroatoms. The third kappa shape index (κ3) is 3.55. The first-order valence-corrected chi connectivity index (χ1v) is 11.7. The first kappa shape index (κ1) is 19.0. The predicted molar refractivity (Wildman–Crippen MR) is 113 cm³/mol. The van der Waals surface area contributed by atoms with Crippen LogP contribution in [0.25, 0.3) is 0 Å². The number of fused-ring (bicyclic) bond motifs is 1. The maximum atomic E-state index is 12.9. The Morgan fingerprint density at radius 1 is 1.28 bits per heavy atom. The van der Waals surface area contributed by atoms with Gasteiger partial charge < -0.3 is 9.88 Å². The van der Waals surface area contributed by atoms with Crippen LogP contribution in [0.15, 0.2) is 16.2 Å². The van der Waals surface area contributed by atoms with Crippen LogP contribution in [0.2, 0.25) is 0 Å². The van der Waals surface area contributed by atoms with Gasteiger partial charge in [-0.05, 0) is 49.6 Å². The Bertz CT molecular complexity index is 977. The van der Waals surface area contributed by atoms with Crippen molar-refractivity contribution in [3.63, 3.8) is 0 Å². The van der Waals surface area contributed by atoms with Crippen molar-refractivity contribution < 1.29 is 4.79 Å². The number of aryl methyl sites for hydroxylation is 1. The van der Waals surface area contributed by atoms with E-state index in [9.17, 15) is 9.59 Å². The minimum atomic E-state index is -0.0621. The molecule has 154 valence electrons. The summed E-state index contributed by atoms with van der Waals surface area (Å²) in [5.41, 5.74) is 3.01. The van der Waals surface area contributed by atoms with Crippen molar-refractivity contribution in [2.24, 2.45) is 5.92 Å². The number of nitrogens with zero attached hydrogens (tertiary/aromatic N) is 3. The molecule has 1 saturated heterocycles. The Kier molecular flexibility index (Phi) is 5.04. The molecule has 1 unspecified atom stereocenters. The smallest absolute Gasteiger partial charge is 0.255 e. The highest BCUT2D eigenvalue weighted by atomic mass is 32.1. The van der Waals surface area contributed by atoms with Gasteiger partial charge in [-0.1, -0.05) is 6.42 Å². The summed E-state index contributed by atoms with van der Waals surface area (Å²) in [5.74, 6) is 1.15. The number of likely N-dealkylation sites (tertiary alicyclic amines) is 1. The van der Waals surface area contributed by atoms with Gasteiger partial charge in [-0.15, -0.1) is 11.3 Å². The highest BCUT2D eigenvalue weighted by Crippen LogP contribution is 2.36. The molecule has 1 saturated carbocycles. The average Bonchev–Trinajstić information content (AvgIpc) is 3.30. The van der Waals surface area contributed by atoms with Crippen LogP contribution < -0.4 is 5.56 Å². The van der Waals surface area contributed by atoms with E-state index in [1.165, 1.54) is 10.4 Å². The Balaban J connectivity index is 1.35. The largest absolute Gasteiger partial charge is 0.332 e. The van der Waals surface area contributed by atoms with Crippen molar-refractivity contribution in [3.05, 3.63) is 49.3 Å². The second-order valence-corrected chi connectivity index (χ2v) is 9.68. The van der Waals surface area contributed by atoms with Crippen LogP contribution in [0.1, 0.15) is 65.7 Å². The lowest BCUT2D eigenvalue weighted by Crippen LogP contribution is -2.40. The van der Waals surface area contributed by atoms with Crippen LogP contribution in [0.3, 0.4) is 0 Å². The zero-order chi connectivity index (χ0) is 20.0. The van der Waals surface area contributed by atoms with E-state index in [1.807, 2.05) is 4.90 Å². The van der Waals surface area contributed by atoms with E-state index in [-0.39, 0.29) is 23.4 Å². The number of thiophene rings is 1. The number of aromatic amines is 1. The molecule has 1 N–H and O–H groups in total. The SMILES string of the molecule is Cc1ccsc1CN1CCc2nc(C3CCCN3C(=O)C3CCC3)[nH]c(=O)c2C1. The number of nitrogens with one attached hydrogen (secondary N) is 1. The van der Waals surface area contributed by atoms with E-state index >= 15 is 0 Å². The van der Waals surface area contributed by atoms with E-state index < -0.39 is 0 Å². The predicted octanol–water partition coefficient (Wildman–Crippen LogP) is 3.16. The molecule has 5 rings (SSSR count). The van der Waals surface area contributed by atoms with Gasteiger partial charge in [0.05, 0.1) is 17.3 Å². The molecule has 0 bridgehead atoms. The van der Waals surface area contributed by atoms with Crippen molar-refractivity contribution in [1.82, 2.24) is 19.8 Å². The topological polar surface area (TPSA) is 69.3 Å². The maximum absolute atomic E-state index is 12.9. The van der Waals surface area contributed by atoms with E-state index in [4.69, 9.17) is 4.98 Å². The normalized spacial score (nSPS) is 22.5. The fourth-order valence-electron chi connectivity index (χ4n) is 4.77. The first-order valence-electron chi connectivity index (χ1n) is 10.8. The molecule has 2 aromatic rings. The molecule has 3 aliphatic rings. The van der Waals surface area contributed by atoms with E-state index in [0.717, 1.165) is 69.4 Å². The second kappa shape index (κ2) is 7.69. The molecule has 1 atom stereocenters. The zero-order valence-electron chi connectivity index (χ0n) is 16.9. The van der Waals surface area contributed by atoms with Gasteiger partial charge in [-0.3, -0.25) is 14.5 Å². The fraction of sp³-hybridized carbons (Fsp3) is 0.591. The molecule has 29 heavy (non-hydrogen) atoms. The molecule has 1 aliphatic carbocycles. The Morgan fingerprint density at radius 3 is 2.86 bits per heavy atom. The molecule has 0 spiro atoms. The number of carbonyl (C=O) groups is 1. The summed E-state index contributed by atoms with van der Waals surface area (Å²) in [7, 11) is 0. The number of aromatic nitrogens is 2. The summed E-state index contributed by atoms with van der Waals surface area (Å²) in [6.45, 7) is 5.37. The van der Waals surface area contributed by atoms with Crippen molar-refractivity contribution in [1.29, 1.82) is 0 Å². The van der Waals surface area contributed by atoms with Gasteiger partial charge in [-0.2, -0.15) is 0 Å². The summed E-state index contributed by atoms with van der Waals surface area (Å²) < 4.78 is 0. The lowest BCUT2D eigenvalue weighted by atomic mass is 9.84. The number of rotatable bonds is 4. The lowest BCUT2D eigenvalue weighted by molar-refractivity contribution is -0.139. The third-order valence-corrected chi connectivity index (χ3v) is 7.82. The van der Waals surface area contributed by atoms with Gasteiger partial charge in [-0.25, -0.2) is 4.98 Å². The Labute approximate surface area is 175 Å². The number of H-pyrrole nitrogens is 1. The van der Waals surface area contributed by atoms with Crippen molar-refractivity contribution in [3.8, 4) is 0 Å². The van der Waals surface area contributed by atoms with E-state index in [0.29, 0.717) is 12.4 Å². The monoisotopic (exact) mass is 412 g/mol.